The first kappa shape index (κ1) is 19.1. The average molecular weight is 422 g/mol. The van der Waals surface area contributed by atoms with Gasteiger partial charge in [-0.25, -0.2) is 4.98 Å². The number of ketones is 1. The number of allylic oxidation sites excluding steroid dienone is 2. The van der Waals surface area contributed by atoms with Gasteiger partial charge in [0.25, 0.3) is 5.19 Å². The second kappa shape index (κ2) is 7.43. The lowest BCUT2D eigenvalue weighted by molar-refractivity contribution is -0.117. The SMILES string of the molecule is CCc1ccc(Oc2nc3ccc(OC)cc3s2)cc1C1=C(O)[C@@H]2CC[C@@H](C2)C1=O. The summed E-state index contributed by atoms with van der Waals surface area (Å²) in [5, 5.41) is 11.3. The summed E-state index contributed by atoms with van der Waals surface area (Å²) in [4.78, 5) is 17.6. The number of methoxy groups -OCH3 is 1. The number of rotatable bonds is 5. The average Bonchev–Trinajstić information content (AvgIpc) is 3.37. The van der Waals surface area contributed by atoms with Gasteiger partial charge in [0.2, 0.25) is 0 Å². The number of thiazole rings is 1. The van der Waals surface area contributed by atoms with E-state index in [9.17, 15) is 9.90 Å². The highest BCUT2D eigenvalue weighted by Crippen LogP contribution is 2.46. The van der Waals surface area contributed by atoms with E-state index in [0.29, 0.717) is 16.5 Å². The molecule has 2 aromatic carbocycles. The highest BCUT2D eigenvalue weighted by Gasteiger charge is 2.41. The van der Waals surface area contributed by atoms with Crippen molar-refractivity contribution in [1.29, 1.82) is 0 Å². The number of fused-ring (bicyclic) bond motifs is 3. The van der Waals surface area contributed by atoms with Crippen molar-refractivity contribution in [3.05, 3.63) is 53.3 Å². The predicted molar refractivity (Wildman–Crippen MR) is 117 cm³/mol. The first-order chi connectivity index (χ1) is 14.6. The topological polar surface area (TPSA) is 68.7 Å². The lowest BCUT2D eigenvalue weighted by atomic mass is 9.81. The van der Waals surface area contributed by atoms with Gasteiger partial charge in [-0.05, 0) is 67.1 Å². The fraction of sp³-hybridized carbons (Fsp3) is 0.333. The van der Waals surface area contributed by atoms with Crippen LogP contribution >= 0.6 is 11.3 Å². The molecule has 0 saturated heterocycles. The Morgan fingerprint density at radius 2 is 1.93 bits per heavy atom. The Bertz CT molecular complexity index is 1180. The monoisotopic (exact) mass is 421 g/mol. The maximum Gasteiger partial charge on any atom is 0.279 e. The number of nitrogens with zero attached hydrogens (tertiary/aromatic N) is 1. The molecule has 3 aromatic rings. The second-order valence-electron chi connectivity index (χ2n) is 7.92. The van der Waals surface area contributed by atoms with Crippen molar-refractivity contribution in [3.63, 3.8) is 0 Å². The van der Waals surface area contributed by atoms with Crippen LogP contribution in [0.15, 0.2) is 42.2 Å². The quantitative estimate of drug-likeness (QED) is 0.553. The van der Waals surface area contributed by atoms with Crippen molar-refractivity contribution in [2.45, 2.75) is 32.6 Å². The first-order valence-corrected chi connectivity index (χ1v) is 11.1. The molecular weight excluding hydrogens is 398 g/mol. The number of benzene rings is 2. The Morgan fingerprint density at radius 3 is 2.73 bits per heavy atom. The first-order valence-electron chi connectivity index (χ1n) is 10.3. The van der Waals surface area contributed by atoms with E-state index in [2.05, 4.69) is 11.9 Å². The summed E-state index contributed by atoms with van der Waals surface area (Å²) in [5.74, 6) is 1.86. The van der Waals surface area contributed by atoms with Crippen molar-refractivity contribution < 1.29 is 19.4 Å². The van der Waals surface area contributed by atoms with Crippen LogP contribution in [0.5, 0.6) is 16.7 Å². The highest BCUT2D eigenvalue weighted by atomic mass is 32.1. The molecule has 1 heterocycles. The van der Waals surface area contributed by atoms with E-state index >= 15 is 0 Å². The number of aryl methyl sites for hydroxylation is 1. The molecule has 0 spiro atoms. The van der Waals surface area contributed by atoms with E-state index in [0.717, 1.165) is 52.8 Å². The van der Waals surface area contributed by atoms with Crippen molar-refractivity contribution in [1.82, 2.24) is 4.98 Å². The summed E-state index contributed by atoms with van der Waals surface area (Å²) in [5.41, 5.74) is 3.16. The van der Waals surface area contributed by atoms with Crippen LogP contribution in [0.1, 0.15) is 37.3 Å². The number of carbonyl (C=O) groups excluding carboxylic acids is 1. The number of hydrogen-bond acceptors (Lipinski definition) is 6. The summed E-state index contributed by atoms with van der Waals surface area (Å²) in [6.45, 7) is 2.06. The van der Waals surface area contributed by atoms with Gasteiger partial charge in [0.15, 0.2) is 5.78 Å². The zero-order chi connectivity index (χ0) is 20.8. The zero-order valence-electron chi connectivity index (χ0n) is 17.0. The molecule has 2 aliphatic rings. The molecular formula is C24H23NO4S. The summed E-state index contributed by atoms with van der Waals surface area (Å²) in [6.07, 6.45) is 3.30. The number of carbonyl (C=O) groups is 1. The van der Waals surface area contributed by atoms with E-state index in [1.54, 1.807) is 7.11 Å². The zero-order valence-corrected chi connectivity index (χ0v) is 17.8. The van der Waals surface area contributed by atoms with Crippen LogP contribution in [0.25, 0.3) is 15.8 Å². The Labute approximate surface area is 179 Å². The molecule has 5 rings (SSSR count). The molecule has 154 valence electrons. The van der Waals surface area contributed by atoms with Gasteiger partial charge in [0.1, 0.15) is 17.3 Å². The highest BCUT2D eigenvalue weighted by molar-refractivity contribution is 7.20. The number of Topliss-reactive ketones (excluding diaryl/α,β-unsaturated/α-hetero) is 1. The van der Waals surface area contributed by atoms with Crippen LogP contribution in [0, 0.1) is 11.8 Å². The lowest BCUT2D eigenvalue weighted by Gasteiger charge is -2.23. The molecule has 0 amide bonds. The van der Waals surface area contributed by atoms with E-state index in [1.807, 2.05) is 36.4 Å². The van der Waals surface area contributed by atoms with Crippen LogP contribution in [0.3, 0.4) is 0 Å². The fourth-order valence-corrected chi connectivity index (χ4v) is 5.45. The molecule has 5 nitrogen and oxygen atoms in total. The van der Waals surface area contributed by atoms with E-state index in [4.69, 9.17) is 9.47 Å². The molecule has 6 heteroatoms. The smallest absolute Gasteiger partial charge is 0.279 e. The number of ether oxygens (including phenoxy) is 2. The van der Waals surface area contributed by atoms with Crippen LogP contribution in [0.2, 0.25) is 0 Å². The molecule has 1 fully saturated rings. The molecule has 1 saturated carbocycles. The minimum absolute atomic E-state index is 0.0365. The minimum Gasteiger partial charge on any atom is -0.511 e. The summed E-state index contributed by atoms with van der Waals surface area (Å²) in [6, 6.07) is 11.5. The van der Waals surface area contributed by atoms with Crippen LogP contribution in [0.4, 0.5) is 0 Å². The van der Waals surface area contributed by atoms with Gasteiger partial charge in [-0.1, -0.05) is 24.3 Å². The summed E-state index contributed by atoms with van der Waals surface area (Å²) in [7, 11) is 1.64. The van der Waals surface area contributed by atoms with Crippen LogP contribution < -0.4 is 9.47 Å². The normalized spacial score (nSPS) is 20.8. The maximum atomic E-state index is 13.0. The number of hydrogen-bond donors (Lipinski definition) is 1. The van der Waals surface area contributed by atoms with Crippen molar-refractivity contribution >= 4 is 32.9 Å². The standard InChI is InChI=1S/C24H23NO4S/c1-3-13-6-7-17(29-24-25-19-9-8-16(28-2)12-20(19)30-24)11-18(13)21-22(26)14-4-5-15(10-14)23(21)27/h6-9,11-12,14-15,26H,3-5,10H2,1-2H3/t14-,15+/m1/s1. The third-order valence-electron chi connectivity index (χ3n) is 6.21. The largest absolute Gasteiger partial charge is 0.511 e. The van der Waals surface area contributed by atoms with Gasteiger partial charge in [-0.15, -0.1) is 0 Å². The van der Waals surface area contributed by atoms with Crippen LogP contribution in [-0.4, -0.2) is 23.0 Å². The third kappa shape index (κ3) is 3.16. The van der Waals surface area contributed by atoms with E-state index in [1.165, 1.54) is 11.3 Å². The molecule has 0 radical (unpaired) electrons. The summed E-state index contributed by atoms with van der Waals surface area (Å²) >= 11 is 1.44. The van der Waals surface area contributed by atoms with Gasteiger partial charge in [0, 0.05) is 11.8 Å². The maximum absolute atomic E-state index is 13.0. The molecule has 2 bridgehead atoms. The number of aliphatic hydroxyl groups excluding tert-OH is 1. The molecule has 30 heavy (non-hydrogen) atoms. The van der Waals surface area contributed by atoms with E-state index in [-0.39, 0.29) is 23.4 Å². The van der Waals surface area contributed by atoms with Crippen LogP contribution in [-0.2, 0) is 11.2 Å². The summed E-state index contributed by atoms with van der Waals surface area (Å²) < 4.78 is 12.3. The number of aliphatic hydroxyl groups is 1. The predicted octanol–water partition coefficient (Wildman–Crippen LogP) is 5.93. The lowest BCUT2D eigenvalue weighted by Crippen LogP contribution is -2.21. The molecule has 1 N–H and O–H groups in total. The van der Waals surface area contributed by atoms with Gasteiger partial charge < -0.3 is 14.6 Å². The number of aromatic nitrogens is 1. The molecule has 2 aliphatic carbocycles. The third-order valence-corrected chi connectivity index (χ3v) is 7.10. The van der Waals surface area contributed by atoms with Crippen molar-refractivity contribution in [3.8, 4) is 16.7 Å². The van der Waals surface area contributed by atoms with Gasteiger partial charge >= 0.3 is 0 Å². The molecule has 2 atom stereocenters. The Morgan fingerprint density at radius 1 is 1.13 bits per heavy atom. The minimum atomic E-state index is 0.0365. The van der Waals surface area contributed by atoms with E-state index < -0.39 is 0 Å². The Balaban J connectivity index is 1.52. The Hall–Kier alpha value is -2.86. The molecule has 1 aromatic heterocycles. The fourth-order valence-electron chi connectivity index (χ4n) is 4.59. The Kier molecular flexibility index (Phi) is 4.74. The second-order valence-corrected chi connectivity index (χ2v) is 8.91. The van der Waals surface area contributed by atoms with Gasteiger partial charge in [-0.3, -0.25) is 4.79 Å². The van der Waals surface area contributed by atoms with Gasteiger partial charge in [0.05, 0.1) is 22.9 Å². The van der Waals surface area contributed by atoms with Gasteiger partial charge in [-0.2, -0.15) is 0 Å². The van der Waals surface area contributed by atoms with Crippen molar-refractivity contribution in [2.75, 3.05) is 7.11 Å². The molecule has 0 aliphatic heterocycles. The van der Waals surface area contributed by atoms with Crippen molar-refractivity contribution in [2.24, 2.45) is 11.8 Å². The molecule has 0 unspecified atom stereocenters.